The van der Waals surface area contributed by atoms with Crippen LogP contribution in [0.5, 0.6) is 11.5 Å². The minimum Gasteiger partial charge on any atom is -0.493 e. The maximum absolute atomic E-state index is 13.0. The second-order valence-corrected chi connectivity index (χ2v) is 9.05. The monoisotopic (exact) mass is 499 g/mol. The number of carbonyl (C=O) groups is 2. The lowest BCUT2D eigenvalue weighted by Gasteiger charge is -2.14. The summed E-state index contributed by atoms with van der Waals surface area (Å²) in [5.74, 6) is 0.656. The normalized spacial score (nSPS) is 14.8. The predicted molar refractivity (Wildman–Crippen MR) is 132 cm³/mol. The van der Waals surface area contributed by atoms with E-state index in [9.17, 15) is 9.59 Å². The first-order chi connectivity index (χ1) is 15.9. The number of nitrogens with zero attached hydrogens (tertiary/aromatic N) is 1. The number of amides is 2. The van der Waals surface area contributed by atoms with Crippen LogP contribution in [-0.4, -0.2) is 23.2 Å². The number of rotatable bonds is 7. The number of imide groups is 1. The lowest BCUT2D eigenvalue weighted by atomic mass is 10.1. The molecule has 1 heterocycles. The van der Waals surface area contributed by atoms with Gasteiger partial charge >= 0.3 is 0 Å². The molecule has 0 unspecified atom stereocenters. The Balaban J connectivity index is 1.57. The van der Waals surface area contributed by atoms with Gasteiger partial charge in [0.25, 0.3) is 11.1 Å². The highest BCUT2D eigenvalue weighted by atomic mass is 35.5. The molecule has 4 rings (SSSR count). The summed E-state index contributed by atoms with van der Waals surface area (Å²) in [5.41, 5.74) is 2.39. The quantitative estimate of drug-likeness (QED) is 0.334. The molecule has 0 N–H and O–H groups in total. The molecule has 1 aliphatic heterocycles. The van der Waals surface area contributed by atoms with Crippen LogP contribution < -0.4 is 9.47 Å². The topological polar surface area (TPSA) is 55.8 Å². The van der Waals surface area contributed by atoms with E-state index in [1.165, 1.54) is 4.90 Å². The van der Waals surface area contributed by atoms with Gasteiger partial charge in [-0.1, -0.05) is 59.6 Å². The molecule has 2 amide bonds. The average Bonchev–Trinajstić information content (AvgIpc) is 3.07. The van der Waals surface area contributed by atoms with Crippen LogP contribution in [0.2, 0.25) is 10.0 Å². The van der Waals surface area contributed by atoms with E-state index in [4.69, 9.17) is 32.7 Å². The molecule has 0 aliphatic carbocycles. The van der Waals surface area contributed by atoms with Gasteiger partial charge in [0.2, 0.25) is 0 Å². The van der Waals surface area contributed by atoms with Crippen molar-refractivity contribution >= 4 is 52.2 Å². The van der Waals surface area contributed by atoms with E-state index in [2.05, 4.69) is 0 Å². The fourth-order valence-electron chi connectivity index (χ4n) is 3.25. The molecule has 0 bridgehead atoms. The number of para-hydroxylation sites is 1. The summed E-state index contributed by atoms with van der Waals surface area (Å²) < 4.78 is 11.5. The van der Waals surface area contributed by atoms with Crippen molar-refractivity contribution in [1.82, 2.24) is 4.90 Å². The van der Waals surface area contributed by atoms with Gasteiger partial charge in [0.15, 0.2) is 11.5 Å². The zero-order chi connectivity index (χ0) is 23.4. The van der Waals surface area contributed by atoms with Crippen molar-refractivity contribution in [3.63, 3.8) is 0 Å². The molecule has 0 aromatic heterocycles. The van der Waals surface area contributed by atoms with E-state index in [0.29, 0.717) is 32.0 Å². The third kappa shape index (κ3) is 5.53. The van der Waals surface area contributed by atoms with Crippen LogP contribution in [0.15, 0.2) is 71.6 Å². The van der Waals surface area contributed by atoms with Crippen molar-refractivity contribution in [3.05, 3.63) is 98.4 Å². The highest BCUT2D eigenvalue weighted by Gasteiger charge is 2.35. The van der Waals surface area contributed by atoms with Crippen LogP contribution in [-0.2, 0) is 17.9 Å². The number of hydrogen-bond donors (Lipinski definition) is 0. The smallest absolute Gasteiger partial charge is 0.293 e. The lowest BCUT2D eigenvalue weighted by Crippen LogP contribution is -2.27. The highest BCUT2D eigenvalue weighted by Crippen LogP contribution is 2.38. The first-order valence-corrected chi connectivity index (χ1v) is 11.6. The molecule has 5 nitrogen and oxygen atoms in total. The van der Waals surface area contributed by atoms with Gasteiger partial charge in [0.05, 0.1) is 18.6 Å². The maximum atomic E-state index is 13.0. The van der Waals surface area contributed by atoms with Gasteiger partial charge in [-0.2, -0.15) is 0 Å². The summed E-state index contributed by atoms with van der Waals surface area (Å²) >= 11 is 12.8. The van der Waals surface area contributed by atoms with E-state index < -0.39 is 0 Å². The highest BCUT2D eigenvalue weighted by molar-refractivity contribution is 8.18. The summed E-state index contributed by atoms with van der Waals surface area (Å²) in [4.78, 5) is 27.0. The van der Waals surface area contributed by atoms with E-state index in [1.54, 1.807) is 61.7 Å². The summed E-state index contributed by atoms with van der Waals surface area (Å²) in [6.45, 7) is 0.466. The third-order valence-corrected chi connectivity index (χ3v) is 6.35. The fourth-order valence-corrected chi connectivity index (χ4v) is 4.33. The SMILES string of the molecule is COc1cccc(/C=C2\SC(=O)N(Cc3ccc(Cl)cc3)C2=O)c1OCc1ccc(Cl)cc1. The maximum Gasteiger partial charge on any atom is 0.293 e. The molecule has 0 spiro atoms. The first-order valence-electron chi connectivity index (χ1n) is 9.98. The number of carbonyl (C=O) groups excluding carboxylic acids is 2. The fraction of sp³-hybridized carbons (Fsp3) is 0.120. The largest absolute Gasteiger partial charge is 0.493 e. The van der Waals surface area contributed by atoms with Crippen LogP contribution in [0.1, 0.15) is 16.7 Å². The van der Waals surface area contributed by atoms with Crippen molar-refractivity contribution in [2.75, 3.05) is 7.11 Å². The molecule has 1 saturated heterocycles. The van der Waals surface area contributed by atoms with Crippen molar-refractivity contribution in [2.24, 2.45) is 0 Å². The van der Waals surface area contributed by atoms with Gasteiger partial charge in [-0.15, -0.1) is 0 Å². The van der Waals surface area contributed by atoms with Crippen LogP contribution in [0.3, 0.4) is 0 Å². The van der Waals surface area contributed by atoms with Crippen LogP contribution in [0, 0.1) is 0 Å². The zero-order valence-electron chi connectivity index (χ0n) is 17.6. The summed E-state index contributed by atoms with van der Waals surface area (Å²) in [6.07, 6.45) is 1.66. The summed E-state index contributed by atoms with van der Waals surface area (Å²) in [6, 6.07) is 19.8. The van der Waals surface area contributed by atoms with Gasteiger partial charge in [0, 0.05) is 15.6 Å². The van der Waals surface area contributed by atoms with Crippen molar-refractivity contribution in [1.29, 1.82) is 0 Å². The summed E-state index contributed by atoms with van der Waals surface area (Å²) in [7, 11) is 1.55. The van der Waals surface area contributed by atoms with Crippen molar-refractivity contribution in [3.8, 4) is 11.5 Å². The Labute approximate surface area is 205 Å². The van der Waals surface area contributed by atoms with Gasteiger partial charge in [-0.3, -0.25) is 14.5 Å². The minimum atomic E-state index is -0.355. The molecule has 0 radical (unpaired) electrons. The first kappa shape index (κ1) is 23.2. The number of halogens is 2. The average molecular weight is 500 g/mol. The standard InChI is InChI=1S/C25H19Cl2NO4S/c1-31-21-4-2-3-18(23(21)32-15-17-7-11-20(27)12-8-17)13-22-24(29)28(25(30)33-22)14-16-5-9-19(26)10-6-16/h2-13H,14-15H2,1H3/b22-13-. The molecular weight excluding hydrogens is 481 g/mol. The Hall–Kier alpha value is -2.93. The molecule has 0 saturated carbocycles. The van der Waals surface area contributed by atoms with E-state index >= 15 is 0 Å². The molecule has 33 heavy (non-hydrogen) atoms. The van der Waals surface area contributed by atoms with Crippen LogP contribution >= 0.6 is 35.0 Å². The Bertz CT molecular complexity index is 1210. The Morgan fingerprint density at radius 2 is 1.55 bits per heavy atom. The molecule has 1 fully saturated rings. The molecule has 3 aromatic rings. The Kier molecular flexibility index (Phi) is 7.28. The van der Waals surface area contributed by atoms with Gasteiger partial charge in [0.1, 0.15) is 6.61 Å². The van der Waals surface area contributed by atoms with E-state index in [0.717, 1.165) is 22.9 Å². The summed E-state index contributed by atoms with van der Waals surface area (Å²) in [5, 5.41) is 0.913. The van der Waals surface area contributed by atoms with E-state index in [-0.39, 0.29) is 24.3 Å². The van der Waals surface area contributed by atoms with Gasteiger partial charge in [-0.05, 0) is 59.3 Å². The zero-order valence-corrected chi connectivity index (χ0v) is 19.9. The second-order valence-electron chi connectivity index (χ2n) is 7.19. The van der Waals surface area contributed by atoms with Gasteiger partial charge in [-0.25, -0.2) is 0 Å². The van der Waals surface area contributed by atoms with Gasteiger partial charge < -0.3 is 9.47 Å². The second kappa shape index (κ2) is 10.3. The molecule has 168 valence electrons. The van der Waals surface area contributed by atoms with Crippen LogP contribution in [0.25, 0.3) is 6.08 Å². The molecule has 3 aromatic carbocycles. The number of methoxy groups -OCH3 is 1. The van der Waals surface area contributed by atoms with Crippen molar-refractivity contribution < 1.29 is 19.1 Å². The predicted octanol–water partition coefficient (Wildman–Crippen LogP) is 6.82. The van der Waals surface area contributed by atoms with Crippen LogP contribution in [0.4, 0.5) is 4.79 Å². The molecule has 0 atom stereocenters. The third-order valence-electron chi connectivity index (χ3n) is 4.94. The Morgan fingerprint density at radius 1 is 0.909 bits per heavy atom. The molecule has 1 aliphatic rings. The minimum absolute atomic E-state index is 0.178. The molecule has 8 heteroatoms. The lowest BCUT2D eigenvalue weighted by molar-refractivity contribution is -0.123. The molecular formula is C25H19Cl2NO4S. The number of thioether (sulfide) groups is 1. The number of benzene rings is 3. The number of ether oxygens (including phenoxy) is 2. The number of hydrogen-bond acceptors (Lipinski definition) is 5. The van der Waals surface area contributed by atoms with Crippen molar-refractivity contribution in [2.45, 2.75) is 13.2 Å². The van der Waals surface area contributed by atoms with E-state index in [1.807, 2.05) is 18.2 Å². The Morgan fingerprint density at radius 3 is 2.18 bits per heavy atom.